The van der Waals surface area contributed by atoms with Gasteiger partial charge >= 0.3 is 0 Å². The van der Waals surface area contributed by atoms with Crippen LogP contribution in [-0.2, 0) is 16.6 Å². The number of sulfonamides is 1. The monoisotopic (exact) mass is 329 g/mol. The van der Waals surface area contributed by atoms with Gasteiger partial charge in [-0.1, -0.05) is 6.07 Å². The minimum absolute atomic E-state index is 0.0996. The molecule has 0 aromatic carbocycles. The number of pyridine rings is 1. The number of hydrogen-bond donors (Lipinski definition) is 2. The Hall–Kier alpha value is -0.630. The number of unbranched alkanes of at least 4 members (excludes halogenated alkanes) is 1. The molecule has 5 nitrogen and oxygen atoms in total. The highest BCUT2D eigenvalue weighted by Crippen LogP contribution is 2.19. The van der Waals surface area contributed by atoms with Crippen molar-refractivity contribution in [1.29, 1.82) is 0 Å². The van der Waals surface area contributed by atoms with E-state index in [4.69, 9.17) is 0 Å². The summed E-state index contributed by atoms with van der Waals surface area (Å²) < 4.78 is 26.7. The van der Waals surface area contributed by atoms with Crippen molar-refractivity contribution in [2.24, 2.45) is 0 Å². The van der Waals surface area contributed by atoms with Crippen molar-refractivity contribution in [3.05, 3.63) is 23.9 Å². The number of nitrogens with zero attached hydrogens (tertiary/aromatic N) is 1. The summed E-state index contributed by atoms with van der Waals surface area (Å²) in [6, 6.07) is 4.04. The normalized spacial score (nSPS) is 15.3. The fourth-order valence-electron chi connectivity index (χ4n) is 1.88. The first-order valence-electron chi connectivity index (χ1n) is 7.29. The third-order valence-corrected chi connectivity index (χ3v) is 5.39. The lowest BCUT2D eigenvalue weighted by Gasteiger charge is -2.07. The molecule has 0 unspecified atom stereocenters. The minimum atomic E-state index is -3.47. The maximum atomic E-state index is 12.1. The molecule has 0 amide bonds. The summed E-state index contributed by atoms with van der Waals surface area (Å²) in [5.74, 6) is 1.06. The van der Waals surface area contributed by atoms with Gasteiger partial charge in [-0.3, -0.25) is 0 Å². The van der Waals surface area contributed by atoms with Crippen LogP contribution in [0.25, 0.3) is 0 Å². The van der Waals surface area contributed by atoms with Gasteiger partial charge in [-0.25, -0.2) is 18.1 Å². The van der Waals surface area contributed by atoms with Crippen molar-refractivity contribution in [3.63, 3.8) is 0 Å². The van der Waals surface area contributed by atoms with Crippen LogP contribution in [0.5, 0.6) is 0 Å². The third-order valence-electron chi connectivity index (χ3n) is 3.31. The molecule has 7 heteroatoms. The van der Waals surface area contributed by atoms with Gasteiger partial charge < -0.3 is 5.32 Å². The maximum absolute atomic E-state index is 12.1. The largest absolute Gasteiger partial charge is 0.310 e. The van der Waals surface area contributed by atoms with Gasteiger partial charge in [0.05, 0.1) is 0 Å². The van der Waals surface area contributed by atoms with Gasteiger partial charge in [0, 0.05) is 25.3 Å². The Labute approximate surface area is 131 Å². The molecule has 1 aromatic heterocycles. The van der Waals surface area contributed by atoms with Crippen LogP contribution < -0.4 is 10.0 Å². The van der Waals surface area contributed by atoms with Gasteiger partial charge in [0.1, 0.15) is 0 Å². The van der Waals surface area contributed by atoms with Gasteiger partial charge in [-0.05, 0) is 49.3 Å². The van der Waals surface area contributed by atoms with Crippen molar-refractivity contribution in [2.75, 3.05) is 18.6 Å². The number of hydrogen-bond acceptors (Lipinski definition) is 5. The van der Waals surface area contributed by atoms with Crippen molar-refractivity contribution in [1.82, 2.24) is 15.0 Å². The summed E-state index contributed by atoms with van der Waals surface area (Å²) in [6.07, 6.45) is 8.03. The number of rotatable bonds is 10. The molecule has 1 fully saturated rings. The highest BCUT2D eigenvalue weighted by atomic mass is 32.2. The average molecular weight is 329 g/mol. The molecule has 1 aromatic rings. The van der Waals surface area contributed by atoms with E-state index >= 15 is 0 Å². The first kappa shape index (κ1) is 16.7. The Kier molecular flexibility index (Phi) is 6.47. The second-order valence-corrected chi connectivity index (χ2v) is 7.96. The first-order chi connectivity index (χ1) is 10.1. The van der Waals surface area contributed by atoms with E-state index in [1.54, 1.807) is 24.0 Å². The molecular weight excluding hydrogens is 306 g/mol. The minimum Gasteiger partial charge on any atom is -0.310 e. The Morgan fingerprint density at radius 3 is 2.76 bits per heavy atom. The molecule has 0 spiro atoms. The van der Waals surface area contributed by atoms with Crippen LogP contribution >= 0.6 is 11.8 Å². The fourth-order valence-corrected chi connectivity index (χ4v) is 3.37. The lowest BCUT2D eigenvalue weighted by atomic mass is 10.3. The van der Waals surface area contributed by atoms with E-state index in [1.807, 2.05) is 12.3 Å². The first-order valence-corrected chi connectivity index (χ1v) is 10.2. The SMILES string of the molecule is CSCCCCNS(=O)(=O)c1ccc(CNC2CC2)cn1. The predicted octanol–water partition coefficient (Wildman–Crippen LogP) is 1.76. The maximum Gasteiger partial charge on any atom is 0.258 e. The van der Waals surface area contributed by atoms with Crippen molar-refractivity contribution in [3.8, 4) is 0 Å². The van der Waals surface area contributed by atoms with Crippen LogP contribution in [0.15, 0.2) is 23.4 Å². The third kappa shape index (κ3) is 5.94. The van der Waals surface area contributed by atoms with Crippen molar-refractivity contribution < 1.29 is 8.42 Å². The van der Waals surface area contributed by atoms with Crippen LogP contribution in [0.2, 0.25) is 0 Å². The zero-order valence-corrected chi connectivity index (χ0v) is 14.0. The molecular formula is C14H23N3O2S2. The fraction of sp³-hybridized carbons (Fsp3) is 0.643. The Balaban J connectivity index is 1.80. The standard InChI is InChI=1S/C14H23N3O2S2/c1-20-9-3-2-8-17-21(18,19)14-7-4-12(11-16-14)10-15-13-5-6-13/h4,7,11,13,15,17H,2-3,5-6,8-10H2,1H3. The van der Waals surface area contributed by atoms with Gasteiger partial charge in [-0.15, -0.1) is 0 Å². The van der Waals surface area contributed by atoms with Gasteiger partial charge in [0.15, 0.2) is 5.03 Å². The molecule has 0 saturated heterocycles. The van der Waals surface area contributed by atoms with E-state index in [0.717, 1.165) is 30.7 Å². The Bertz CT molecular complexity index is 528. The molecule has 21 heavy (non-hydrogen) atoms. The average Bonchev–Trinajstić information content (AvgIpc) is 3.29. The molecule has 0 radical (unpaired) electrons. The van der Waals surface area contributed by atoms with Crippen LogP contribution in [0, 0.1) is 0 Å². The quantitative estimate of drug-likeness (QED) is 0.640. The zero-order chi connectivity index (χ0) is 15.1. The number of aromatic nitrogens is 1. The smallest absolute Gasteiger partial charge is 0.258 e. The zero-order valence-electron chi connectivity index (χ0n) is 12.3. The van der Waals surface area contributed by atoms with Gasteiger partial charge in [0.2, 0.25) is 0 Å². The topological polar surface area (TPSA) is 71.1 Å². The molecule has 1 aliphatic carbocycles. The van der Waals surface area contributed by atoms with E-state index in [0.29, 0.717) is 12.6 Å². The van der Waals surface area contributed by atoms with Gasteiger partial charge in [0.25, 0.3) is 10.0 Å². The van der Waals surface area contributed by atoms with Gasteiger partial charge in [-0.2, -0.15) is 11.8 Å². The Morgan fingerprint density at radius 2 is 2.14 bits per heavy atom. The molecule has 0 bridgehead atoms. The van der Waals surface area contributed by atoms with Crippen LogP contribution in [0.1, 0.15) is 31.2 Å². The molecule has 1 saturated carbocycles. The van der Waals surface area contributed by atoms with Crippen molar-refractivity contribution >= 4 is 21.8 Å². The second-order valence-electron chi connectivity index (χ2n) is 5.26. The highest BCUT2D eigenvalue weighted by molar-refractivity contribution is 7.98. The number of thioether (sulfide) groups is 1. The predicted molar refractivity (Wildman–Crippen MR) is 86.9 cm³/mol. The Morgan fingerprint density at radius 1 is 1.33 bits per heavy atom. The molecule has 2 N–H and O–H groups in total. The molecule has 118 valence electrons. The summed E-state index contributed by atoms with van der Waals surface area (Å²) in [5.41, 5.74) is 1.01. The van der Waals surface area contributed by atoms with Crippen LogP contribution in [0.3, 0.4) is 0 Å². The molecule has 0 atom stereocenters. The second kappa shape index (κ2) is 8.12. The van der Waals surface area contributed by atoms with Crippen LogP contribution in [-0.4, -0.2) is 38.0 Å². The lowest BCUT2D eigenvalue weighted by Crippen LogP contribution is -2.26. The van der Waals surface area contributed by atoms with E-state index in [1.165, 1.54) is 12.8 Å². The lowest BCUT2D eigenvalue weighted by molar-refractivity contribution is 0.574. The van der Waals surface area contributed by atoms with Crippen molar-refractivity contribution in [2.45, 2.75) is 43.3 Å². The van der Waals surface area contributed by atoms with E-state index in [9.17, 15) is 8.42 Å². The summed E-state index contributed by atoms with van der Waals surface area (Å²) in [6.45, 7) is 1.22. The number of nitrogens with one attached hydrogen (secondary N) is 2. The van der Waals surface area contributed by atoms with E-state index < -0.39 is 10.0 Å². The molecule has 0 aliphatic heterocycles. The van der Waals surface area contributed by atoms with E-state index in [2.05, 4.69) is 15.0 Å². The summed E-state index contributed by atoms with van der Waals surface area (Å²) >= 11 is 1.77. The summed E-state index contributed by atoms with van der Waals surface area (Å²) in [4.78, 5) is 4.07. The molecule has 1 aliphatic rings. The summed E-state index contributed by atoms with van der Waals surface area (Å²) in [5, 5.41) is 3.48. The molecule has 1 heterocycles. The van der Waals surface area contributed by atoms with Crippen LogP contribution in [0.4, 0.5) is 0 Å². The summed E-state index contributed by atoms with van der Waals surface area (Å²) in [7, 11) is -3.47. The molecule has 2 rings (SSSR count). The highest BCUT2D eigenvalue weighted by Gasteiger charge is 2.20. The van der Waals surface area contributed by atoms with E-state index in [-0.39, 0.29) is 5.03 Å².